The molecule has 26 heavy (non-hydrogen) atoms. The monoisotopic (exact) mass is 378 g/mol. The molecule has 0 aliphatic heterocycles. The highest BCUT2D eigenvalue weighted by atomic mass is 32.2. The number of rotatable bonds is 5. The van der Waals surface area contributed by atoms with E-state index in [0.29, 0.717) is 12.3 Å². The first kappa shape index (κ1) is 17.8. The Morgan fingerprint density at radius 3 is 2.27 bits per heavy atom. The van der Waals surface area contributed by atoms with Crippen LogP contribution < -0.4 is 15.2 Å². The number of primary sulfonamides is 1. The standard InChI is InChI=1S/C19H26N2O4S/c1-25-17-3-2-15(26(20,23)24)7-16(17)18(22)21-11-19-8-12-4-13(9-19)6-14(5-12)10-19/h2-3,7,12-14H,4-6,8-11H2,1H3,(H,21,22)(H2,20,23,24). The van der Waals surface area contributed by atoms with Crippen LogP contribution in [0.15, 0.2) is 23.1 Å². The van der Waals surface area contributed by atoms with Crippen LogP contribution >= 0.6 is 0 Å². The van der Waals surface area contributed by atoms with Crippen LogP contribution in [0.2, 0.25) is 0 Å². The van der Waals surface area contributed by atoms with Crippen molar-refractivity contribution in [3.05, 3.63) is 23.8 Å². The summed E-state index contributed by atoms with van der Waals surface area (Å²) in [5.41, 5.74) is 0.429. The molecule has 5 rings (SSSR count). The summed E-state index contributed by atoms with van der Waals surface area (Å²) in [5, 5.41) is 8.25. The van der Waals surface area contributed by atoms with Crippen molar-refractivity contribution in [3.8, 4) is 5.75 Å². The van der Waals surface area contributed by atoms with Gasteiger partial charge in [0, 0.05) is 6.54 Å². The molecule has 6 nitrogen and oxygen atoms in total. The van der Waals surface area contributed by atoms with Crippen LogP contribution in [0.1, 0.15) is 48.9 Å². The van der Waals surface area contributed by atoms with Gasteiger partial charge in [0.2, 0.25) is 10.0 Å². The maximum atomic E-state index is 12.8. The summed E-state index contributed by atoms with van der Waals surface area (Å²) >= 11 is 0. The Labute approximate surface area is 154 Å². The maximum absolute atomic E-state index is 12.8. The van der Waals surface area contributed by atoms with Crippen LogP contribution in [0, 0.1) is 23.2 Å². The quantitative estimate of drug-likeness (QED) is 0.821. The first-order valence-electron chi connectivity index (χ1n) is 9.27. The molecule has 1 aromatic carbocycles. The Balaban J connectivity index is 1.52. The van der Waals surface area contributed by atoms with Crippen LogP contribution in [0.25, 0.3) is 0 Å². The number of ether oxygens (including phenoxy) is 1. The molecule has 0 spiro atoms. The molecule has 0 atom stereocenters. The van der Waals surface area contributed by atoms with Crippen molar-refractivity contribution in [2.45, 2.75) is 43.4 Å². The van der Waals surface area contributed by atoms with Crippen LogP contribution in [0.4, 0.5) is 0 Å². The van der Waals surface area contributed by atoms with Crippen LogP contribution in [-0.4, -0.2) is 28.0 Å². The number of nitrogens with two attached hydrogens (primary N) is 1. The second-order valence-corrected chi connectivity index (χ2v) is 10.1. The number of nitrogens with one attached hydrogen (secondary N) is 1. The molecule has 3 N–H and O–H groups in total. The van der Waals surface area contributed by atoms with Gasteiger partial charge in [0.05, 0.1) is 17.6 Å². The van der Waals surface area contributed by atoms with Gasteiger partial charge >= 0.3 is 0 Å². The number of carbonyl (C=O) groups is 1. The third kappa shape index (κ3) is 3.22. The van der Waals surface area contributed by atoms with E-state index >= 15 is 0 Å². The average molecular weight is 378 g/mol. The predicted octanol–water partition coefficient (Wildman–Crippen LogP) is 2.29. The molecule has 0 saturated heterocycles. The molecule has 4 aliphatic rings. The van der Waals surface area contributed by atoms with Crippen molar-refractivity contribution in [2.24, 2.45) is 28.3 Å². The Kier molecular flexibility index (Phi) is 4.27. The lowest BCUT2D eigenvalue weighted by molar-refractivity contribution is -0.0503. The number of methoxy groups -OCH3 is 1. The van der Waals surface area contributed by atoms with Crippen molar-refractivity contribution in [2.75, 3.05) is 13.7 Å². The molecule has 1 amide bonds. The van der Waals surface area contributed by atoms with E-state index in [-0.39, 0.29) is 21.8 Å². The highest BCUT2D eigenvalue weighted by Crippen LogP contribution is 2.59. The van der Waals surface area contributed by atoms with Crippen molar-refractivity contribution in [1.82, 2.24) is 5.32 Å². The maximum Gasteiger partial charge on any atom is 0.255 e. The minimum Gasteiger partial charge on any atom is -0.496 e. The zero-order valence-corrected chi connectivity index (χ0v) is 15.8. The van der Waals surface area contributed by atoms with Crippen LogP contribution in [-0.2, 0) is 10.0 Å². The van der Waals surface area contributed by atoms with E-state index in [2.05, 4.69) is 5.32 Å². The van der Waals surface area contributed by atoms with Gasteiger partial charge in [-0.3, -0.25) is 4.79 Å². The summed E-state index contributed by atoms with van der Waals surface area (Å²) in [6.07, 6.45) is 7.68. The molecule has 0 radical (unpaired) electrons. The summed E-state index contributed by atoms with van der Waals surface area (Å²) in [6.45, 7) is 0.651. The molecule has 1 aromatic rings. The number of hydrogen-bond donors (Lipinski definition) is 2. The second kappa shape index (κ2) is 6.23. The van der Waals surface area contributed by atoms with E-state index in [1.807, 2.05) is 0 Å². The molecular weight excluding hydrogens is 352 g/mol. The van der Waals surface area contributed by atoms with E-state index in [9.17, 15) is 13.2 Å². The number of sulfonamides is 1. The first-order valence-corrected chi connectivity index (χ1v) is 10.8. The Bertz CT molecular complexity index is 799. The molecular formula is C19H26N2O4S. The normalized spacial score (nSPS) is 32.5. The SMILES string of the molecule is COc1ccc(S(N)(=O)=O)cc1C(=O)NCC12CC3CC(CC(C3)C1)C2. The van der Waals surface area contributed by atoms with Gasteiger partial charge in [0.15, 0.2) is 0 Å². The number of carbonyl (C=O) groups excluding carboxylic acids is 1. The fourth-order valence-electron chi connectivity index (χ4n) is 5.91. The van der Waals surface area contributed by atoms with Crippen LogP contribution in [0.3, 0.4) is 0 Å². The first-order chi connectivity index (χ1) is 12.3. The minimum atomic E-state index is -3.87. The minimum absolute atomic E-state index is 0.0849. The average Bonchev–Trinajstić information content (AvgIpc) is 2.57. The number of amides is 1. The molecule has 4 aliphatic carbocycles. The third-order valence-corrected chi connectivity index (χ3v) is 7.44. The van der Waals surface area contributed by atoms with Gasteiger partial charge in [0.25, 0.3) is 5.91 Å². The molecule has 4 bridgehead atoms. The Morgan fingerprint density at radius 2 is 1.77 bits per heavy atom. The zero-order chi connectivity index (χ0) is 18.5. The summed E-state index contributed by atoms with van der Waals surface area (Å²) in [6, 6.07) is 4.12. The van der Waals surface area contributed by atoms with Gasteiger partial charge in [-0.05, 0) is 79.9 Å². The molecule has 142 valence electrons. The lowest BCUT2D eigenvalue weighted by atomic mass is 9.49. The summed E-state index contributed by atoms with van der Waals surface area (Å²) in [7, 11) is -2.41. The molecule has 0 heterocycles. The van der Waals surface area contributed by atoms with Crippen molar-refractivity contribution in [3.63, 3.8) is 0 Å². The van der Waals surface area contributed by atoms with Crippen molar-refractivity contribution < 1.29 is 17.9 Å². The van der Waals surface area contributed by atoms with E-state index in [1.54, 1.807) is 0 Å². The summed E-state index contributed by atoms with van der Waals surface area (Å²) in [4.78, 5) is 12.7. The summed E-state index contributed by atoms with van der Waals surface area (Å²) in [5.74, 6) is 2.50. The largest absolute Gasteiger partial charge is 0.496 e. The highest BCUT2D eigenvalue weighted by Gasteiger charge is 2.50. The van der Waals surface area contributed by atoms with E-state index in [0.717, 1.165) is 17.8 Å². The van der Waals surface area contributed by atoms with Crippen molar-refractivity contribution in [1.29, 1.82) is 0 Å². The van der Waals surface area contributed by atoms with E-state index < -0.39 is 10.0 Å². The van der Waals surface area contributed by atoms with Crippen LogP contribution in [0.5, 0.6) is 5.75 Å². The smallest absolute Gasteiger partial charge is 0.255 e. The Hall–Kier alpha value is -1.60. The lowest BCUT2D eigenvalue weighted by Gasteiger charge is -2.56. The predicted molar refractivity (Wildman–Crippen MR) is 97.3 cm³/mol. The second-order valence-electron chi connectivity index (χ2n) is 8.51. The fraction of sp³-hybridized carbons (Fsp3) is 0.632. The number of benzene rings is 1. The van der Waals surface area contributed by atoms with Gasteiger partial charge < -0.3 is 10.1 Å². The van der Waals surface area contributed by atoms with Gasteiger partial charge in [-0.2, -0.15) is 0 Å². The topological polar surface area (TPSA) is 98.5 Å². The molecule has 0 aromatic heterocycles. The van der Waals surface area contributed by atoms with Gasteiger partial charge in [-0.15, -0.1) is 0 Å². The molecule has 4 fully saturated rings. The van der Waals surface area contributed by atoms with Crippen molar-refractivity contribution >= 4 is 15.9 Å². The summed E-state index contributed by atoms with van der Waals surface area (Å²) < 4.78 is 28.4. The van der Waals surface area contributed by atoms with Gasteiger partial charge in [-0.25, -0.2) is 13.6 Å². The number of hydrogen-bond acceptors (Lipinski definition) is 4. The van der Waals surface area contributed by atoms with Gasteiger partial charge in [0.1, 0.15) is 5.75 Å². The van der Waals surface area contributed by atoms with E-state index in [1.165, 1.54) is 63.8 Å². The Morgan fingerprint density at radius 1 is 1.19 bits per heavy atom. The molecule has 7 heteroatoms. The molecule has 0 unspecified atom stereocenters. The third-order valence-electron chi connectivity index (χ3n) is 6.53. The molecule has 4 saturated carbocycles. The van der Waals surface area contributed by atoms with E-state index in [4.69, 9.17) is 9.88 Å². The zero-order valence-electron chi connectivity index (χ0n) is 15.0. The lowest BCUT2D eigenvalue weighted by Crippen LogP contribution is -2.51. The van der Waals surface area contributed by atoms with Gasteiger partial charge in [-0.1, -0.05) is 0 Å². The highest BCUT2D eigenvalue weighted by molar-refractivity contribution is 7.89. The fourth-order valence-corrected chi connectivity index (χ4v) is 6.45.